The number of carbonyl (C=O) groups is 2. The summed E-state index contributed by atoms with van der Waals surface area (Å²) in [5.74, 6) is -0.616. The molecule has 6 rings (SSSR count). The molecule has 39 heavy (non-hydrogen) atoms. The van der Waals surface area contributed by atoms with Crippen molar-refractivity contribution >= 4 is 12.3 Å². The highest BCUT2D eigenvalue weighted by atomic mass is 16.7. The van der Waals surface area contributed by atoms with Crippen LogP contribution in [0.2, 0.25) is 0 Å². The molecule has 6 aliphatic rings. The van der Waals surface area contributed by atoms with E-state index >= 15 is 0 Å². The normalized spacial score (nSPS) is 55.2. The Hall–Kier alpha value is -1.40. The predicted octanol–water partition coefficient (Wildman–Crippen LogP) is 0.750. The molecule has 4 saturated carbocycles. The maximum Gasteiger partial charge on any atom is 0.331 e. The molecule has 0 amide bonds. The van der Waals surface area contributed by atoms with E-state index in [0.29, 0.717) is 44.9 Å². The van der Waals surface area contributed by atoms with Crippen LogP contribution in [-0.4, -0.2) is 92.4 Å². The van der Waals surface area contributed by atoms with Crippen molar-refractivity contribution in [3.05, 3.63) is 11.6 Å². The fraction of sp³-hybridized carbons (Fsp3) is 0.862. The topological polar surface area (TPSA) is 163 Å². The van der Waals surface area contributed by atoms with E-state index in [0.717, 1.165) is 18.3 Å². The molecule has 0 spiro atoms. The second-order valence-electron chi connectivity index (χ2n) is 13.4. The van der Waals surface area contributed by atoms with Crippen LogP contribution in [0.4, 0.5) is 0 Å². The highest BCUT2D eigenvalue weighted by Crippen LogP contribution is 2.70. The molecule has 2 heterocycles. The summed E-state index contributed by atoms with van der Waals surface area (Å²) in [5, 5.41) is 55.0. The first-order valence-electron chi connectivity index (χ1n) is 14.5. The van der Waals surface area contributed by atoms with Gasteiger partial charge >= 0.3 is 5.97 Å². The second kappa shape index (κ2) is 9.31. The number of fused-ring (bicyclic) bond motifs is 5. The molecule has 1 saturated heterocycles. The van der Waals surface area contributed by atoms with Crippen LogP contribution >= 0.6 is 0 Å². The van der Waals surface area contributed by atoms with Gasteiger partial charge in [-0.1, -0.05) is 6.92 Å². The van der Waals surface area contributed by atoms with Gasteiger partial charge in [0.25, 0.3) is 0 Å². The first kappa shape index (κ1) is 27.8. The molecule has 2 aliphatic heterocycles. The van der Waals surface area contributed by atoms with Crippen molar-refractivity contribution in [3.8, 4) is 0 Å². The maximum absolute atomic E-state index is 13.0. The van der Waals surface area contributed by atoms with Gasteiger partial charge in [-0.05, 0) is 81.6 Å². The fourth-order valence-electron chi connectivity index (χ4n) is 9.75. The maximum atomic E-state index is 13.0. The lowest BCUT2D eigenvalue weighted by Gasteiger charge is -2.65. The van der Waals surface area contributed by atoms with Gasteiger partial charge in [0.2, 0.25) is 0 Å². The van der Waals surface area contributed by atoms with Gasteiger partial charge in [0.05, 0.1) is 28.8 Å². The Kier molecular flexibility index (Phi) is 6.62. The zero-order valence-corrected chi connectivity index (χ0v) is 22.7. The summed E-state index contributed by atoms with van der Waals surface area (Å²) in [5.41, 5.74) is -2.86. The van der Waals surface area contributed by atoms with Crippen molar-refractivity contribution in [3.63, 3.8) is 0 Å². The Morgan fingerprint density at radius 3 is 2.41 bits per heavy atom. The van der Waals surface area contributed by atoms with Crippen molar-refractivity contribution in [2.75, 3.05) is 6.61 Å². The number of aliphatic hydroxyl groups is 5. The van der Waals surface area contributed by atoms with Gasteiger partial charge in [-0.15, -0.1) is 0 Å². The van der Waals surface area contributed by atoms with E-state index in [2.05, 4.69) is 6.92 Å². The van der Waals surface area contributed by atoms with E-state index in [4.69, 9.17) is 14.2 Å². The molecule has 13 atom stereocenters. The highest BCUT2D eigenvalue weighted by Gasteiger charge is 2.71. The molecule has 0 bridgehead atoms. The number of aliphatic hydroxyl groups excluding tert-OH is 3. The van der Waals surface area contributed by atoms with E-state index in [9.17, 15) is 35.1 Å². The fourth-order valence-corrected chi connectivity index (χ4v) is 9.75. The molecule has 4 aliphatic carbocycles. The third-order valence-electron chi connectivity index (χ3n) is 12.0. The summed E-state index contributed by atoms with van der Waals surface area (Å²) < 4.78 is 16.9. The number of cyclic esters (lactones) is 1. The van der Waals surface area contributed by atoms with Crippen LogP contribution in [0, 0.1) is 28.6 Å². The Morgan fingerprint density at radius 2 is 1.72 bits per heavy atom. The predicted molar refractivity (Wildman–Crippen MR) is 135 cm³/mol. The first-order chi connectivity index (χ1) is 18.4. The molecular weight excluding hydrogens is 508 g/mol. The molecule has 0 unspecified atom stereocenters. The minimum Gasteiger partial charge on any atom is -0.458 e. The van der Waals surface area contributed by atoms with Crippen molar-refractivity contribution < 1.29 is 49.3 Å². The number of hydrogen-bond donors (Lipinski definition) is 5. The Labute approximate surface area is 228 Å². The minimum atomic E-state index is -1.43. The van der Waals surface area contributed by atoms with Crippen molar-refractivity contribution in [2.45, 2.75) is 120 Å². The molecule has 0 aromatic heterocycles. The average Bonchev–Trinajstić information content (AvgIpc) is 3.45. The molecule has 0 aromatic carbocycles. The summed E-state index contributed by atoms with van der Waals surface area (Å²) in [6.45, 7) is 3.98. The summed E-state index contributed by atoms with van der Waals surface area (Å²) in [6.07, 6.45) is 0.689. The number of ether oxygens (including phenoxy) is 3. The molecule has 10 heteroatoms. The number of rotatable bonds is 4. The lowest BCUT2D eigenvalue weighted by atomic mass is 9.41. The third kappa shape index (κ3) is 3.78. The number of carbonyl (C=O) groups excluding carboxylic acids is 2. The molecular formula is C29H42O10. The van der Waals surface area contributed by atoms with Crippen LogP contribution in [0.1, 0.15) is 71.6 Å². The minimum absolute atomic E-state index is 0.0465. The molecule has 0 aromatic rings. The lowest BCUT2D eigenvalue weighted by molar-refractivity contribution is -0.317. The van der Waals surface area contributed by atoms with Crippen LogP contribution in [-0.2, 0) is 23.8 Å². The standard InChI is InChI=1S/C29H42O10/c1-15-22(32)23(33)24(34)25(38-15)39-17-3-8-27(14-30)19-4-7-26(2)18(16-11-21(31)37-13-16)6-10-29(26,36)20(19)5-9-28(27,35)12-17/h11,14-15,17-20,22-25,32-36H,3-10,12-13H2,1-2H3/t15-,17+,18-,19+,20+,22+,23-,24-,25-,26+,27-,28+,29+/m0/s1. The quantitative estimate of drug-likeness (QED) is 0.192. The van der Waals surface area contributed by atoms with Crippen LogP contribution in [0.3, 0.4) is 0 Å². The molecule has 5 N–H and O–H groups in total. The zero-order valence-electron chi connectivity index (χ0n) is 22.7. The number of hydrogen-bond acceptors (Lipinski definition) is 10. The molecule has 5 fully saturated rings. The van der Waals surface area contributed by atoms with Gasteiger partial charge in [0.1, 0.15) is 31.2 Å². The third-order valence-corrected chi connectivity index (χ3v) is 12.0. The van der Waals surface area contributed by atoms with E-state index < -0.39 is 58.8 Å². The Bertz CT molecular complexity index is 1050. The smallest absolute Gasteiger partial charge is 0.331 e. The van der Waals surface area contributed by atoms with Gasteiger partial charge < -0.3 is 44.5 Å². The van der Waals surface area contributed by atoms with Gasteiger partial charge in [0.15, 0.2) is 6.29 Å². The van der Waals surface area contributed by atoms with E-state index in [1.165, 1.54) is 0 Å². The van der Waals surface area contributed by atoms with Crippen LogP contribution in [0.15, 0.2) is 11.6 Å². The Balaban J connectivity index is 1.22. The van der Waals surface area contributed by atoms with E-state index in [1.807, 2.05) is 0 Å². The Morgan fingerprint density at radius 1 is 0.974 bits per heavy atom. The highest BCUT2D eigenvalue weighted by molar-refractivity contribution is 5.85. The average molecular weight is 551 g/mol. The zero-order chi connectivity index (χ0) is 28.0. The van der Waals surface area contributed by atoms with E-state index in [1.54, 1.807) is 13.0 Å². The van der Waals surface area contributed by atoms with Crippen molar-refractivity contribution in [1.29, 1.82) is 0 Å². The summed E-state index contributed by atoms with van der Waals surface area (Å²) in [6, 6.07) is 0. The number of aldehydes is 1. The SMILES string of the molecule is C[C@@H]1O[C@@H](O[C@@H]2CC[C@]3(C=O)[C@@H]4CC[C@]5(C)[C@H](C6=CC(=O)OC6)CC[C@@]5(O)[C@@H]4CC[C@@]3(O)C2)[C@@H](O)[C@@H](O)[C@@H]1O. The summed E-state index contributed by atoms with van der Waals surface area (Å²) >= 11 is 0. The number of esters is 1. The monoisotopic (exact) mass is 550 g/mol. The molecule has 218 valence electrons. The summed E-state index contributed by atoms with van der Waals surface area (Å²) in [4.78, 5) is 24.8. The van der Waals surface area contributed by atoms with E-state index in [-0.39, 0.29) is 36.8 Å². The van der Waals surface area contributed by atoms with Crippen LogP contribution in [0.25, 0.3) is 0 Å². The lowest BCUT2D eigenvalue weighted by Crippen LogP contribution is -2.69. The first-order valence-corrected chi connectivity index (χ1v) is 14.5. The largest absolute Gasteiger partial charge is 0.458 e. The van der Waals surface area contributed by atoms with Crippen LogP contribution in [0.5, 0.6) is 0 Å². The van der Waals surface area contributed by atoms with Crippen LogP contribution < -0.4 is 0 Å². The molecule has 0 radical (unpaired) electrons. The summed E-state index contributed by atoms with van der Waals surface area (Å²) in [7, 11) is 0. The molecule has 10 nitrogen and oxygen atoms in total. The van der Waals surface area contributed by atoms with Crippen molar-refractivity contribution in [2.24, 2.45) is 28.6 Å². The second-order valence-corrected chi connectivity index (χ2v) is 13.4. The van der Waals surface area contributed by atoms with Gasteiger partial charge in [-0.25, -0.2) is 4.79 Å². The van der Waals surface area contributed by atoms with Gasteiger partial charge in [-0.2, -0.15) is 0 Å². The van der Waals surface area contributed by atoms with Gasteiger partial charge in [-0.3, -0.25) is 0 Å². The van der Waals surface area contributed by atoms with Crippen molar-refractivity contribution in [1.82, 2.24) is 0 Å². The van der Waals surface area contributed by atoms with Gasteiger partial charge in [0, 0.05) is 17.9 Å².